The van der Waals surface area contributed by atoms with Gasteiger partial charge in [0.1, 0.15) is 0 Å². The molecule has 14 heteroatoms. The van der Waals surface area contributed by atoms with Gasteiger partial charge in [-0.3, -0.25) is 0 Å². The number of thioether (sulfide) groups is 1. The minimum atomic E-state index is -6.96. The molecule has 0 radical (unpaired) electrons. The molecular weight excluding hydrogens is 472 g/mol. The Bertz CT molecular complexity index is 631. The normalized spacial score (nSPS) is 16.7. The van der Waals surface area contributed by atoms with Gasteiger partial charge in [0.05, 0.1) is 0 Å². The fourth-order valence-electron chi connectivity index (χ4n) is 1.67. The Balaban J connectivity index is 3.70. The zero-order valence-corrected chi connectivity index (χ0v) is 13.5. The Morgan fingerprint density at radius 3 is 1.52 bits per heavy atom. The lowest BCUT2D eigenvalue weighted by molar-refractivity contribution is -0.389. The Hall–Kier alpha value is -0.790. The third-order valence-electron chi connectivity index (χ3n) is 2.68. The highest BCUT2D eigenvalue weighted by Gasteiger charge is 2.81. The van der Waals surface area contributed by atoms with Crippen molar-refractivity contribution in [2.45, 2.75) is 34.3 Å². The van der Waals surface area contributed by atoms with E-state index in [2.05, 4.69) is 15.9 Å². The molecule has 0 aliphatic rings. The van der Waals surface area contributed by atoms with E-state index in [1.165, 1.54) is 0 Å². The maximum atomic E-state index is 14.2. The molecule has 1 atom stereocenters. The lowest BCUT2D eigenvalue weighted by atomic mass is 9.88. The molecule has 0 N–H and O–H groups in total. The smallest absolute Gasteiger partial charge is 0.221 e. The fraction of sp³-hybridized carbons (Fsp3) is 0.455. The third kappa shape index (κ3) is 4.31. The maximum absolute atomic E-state index is 14.2. The SMILES string of the molecule is FC(F)(F)Sc1cc(Br)cc(C(F)(C(F)(F)F)C(F)(F)C(F)(F)F)c1. The van der Waals surface area contributed by atoms with Gasteiger partial charge in [0.15, 0.2) is 0 Å². The summed E-state index contributed by atoms with van der Waals surface area (Å²) in [7, 11) is 0. The summed E-state index contributed by atoms with van der Waals surface area (Å²) in [4.78, 5) is -1.22. The van der Waals surface area contributed by atoms with E-state index >= 15 is 0 Å². The quantitative estimate of drug-likeness (QED) is 0.336. The minimum absolute atomic E-state index is 0.104. The van der Waals surface area contributed by atoms with Crippen LogP contribution >= 0.6 is 27.7 Å². The Labute approximate surface area is 143 Å². The first-order valence-corrected chi connectivity index (χ1v) is 7.21. The van der Waals surface area contributed by atoms with Crippen molar-refractivity contribution in [2.75, 3.05) is 0 Å². The van der Waals surface area contributed by atoms with Crippen LogP contribution in [0.5, 0.6) is 0 Å². The van der Waals surface area contributed by atoms with Gasteiger partial charge in [-0.15, -0.1) is 0 Å². The topological polar surface area (TPSA) is 0 Å². The van der Waals surface area contributed by atoms with E-state index in [0.29, 0.717) is 6.07 Å². The first kappa shape index (κ1) is 22.3. The van der Waals surface area contributed by atoms with E-state index in [1.54, 1.807) is 0 Å². The van der Waals surface area contributed by atoms with Crippen LogP contribution in [0.15, 0.2) is 27.6 Å². The van der Waals surface area contributed by atoms with Gasteiger partial charge >= 0.3 is 29.5 Å². The largest absolute Gasteiger partial charge is 0.457 e. The van der Waals surface area contributed by atoms with Crippen molar-refractivity contribution in [3.05, 3.63) is 28.2 Å². The standard InChI is InChI=1S/C11H3BrF12S/c12-5-1-4(2-6(3-5)25-11(22,23)24)7(13,9(16,17)18)8(14,15)10(19,20)21/h1-3H. The molecule has 25 heavy (non-hydrogen) atoms. The van der Waals surface area contributed by atoms with Crippen molar-refractivity contribution >= 4 is 27.7 Å². The number of hydrogen-bond acceptors (Lipinski definition) is 1. The van der Waals surface area contributed by atoms with Crippen LogP contribution in [-0.2, 0) is 5.67 Å². The van der Waals surface area contributed by atoms with E-state index < -0.39 is 56.1 Å². The van der Waals surface area contributed by atoms with Crippen LogP contribution in [0.3, 0.4) is 0 Å². The molecule has 1 unspecified atom stereocenters. The van der Waals surface area contributed by atoms with Crippen molar-refractivity contribution in [3.8, 4) is 0 Å². The molecular formula is C11H3BrF12S. The van der Waals surface area contributed by atoms with Crippen LogP contribution < -0.4 is 0 Å². The Kier molecular flexibility index (Phi) is 5.72. The lowest BCUT2D eigenvalue weighted by Gasteiger charge is -2.36. The van der Waals surface area contributed by atoms with Crippen molar-refractivity contribution in [2.24, 2.45) is 0 Å². The molecule has 144 valence electrons. The van der Waals surface area contributed by atoms with Gasteiger partial charge in [0.25, 0.3) is 0 Å². The van der Waals surface area contributed by atoms with Gasteiger partial charge in [-0.05, 0) is 30.0 Å². The third-order valence-corrected chi connectivity index (χ3v) is 3.84. The van der Waals surface area contributed by atoms with Crippen molar-refractivity contribution < 1.29 is 52.7 Å². The van der Waals surface area contributed by atoms with Gasteiger partial charge < -0.3 is 0 Å². The van der Waals surface area contributed by atoms with E-state index in [-0.39, 0.29) is 12.1 Å². The lowest BCUT2D eigenvalue weighted by Crippen LogP contribution is -2.59. The highest BCUT2D eigenvalue weighted by atomic mass is 79.9. The summed E-state index contributed by atoms with van der Waals surface area (Å²) in [6.07, 6.45) is -13.7. The Morgan fingerprint density at radius 1 is 0.680 bits per heavy atom. The van der Waals surface area contributed by atoms with Crippen LogP contribution in [0, 0.1) is 0 Å². The van der Waals surface area contributed by atoms with Gasteiger partial charge in [0, 0.05) is 14.9 Å². The molecule has 0 aliphatic heterocycles. The summed E-state index contributed by atoms with van der Waals surface area (Å²) < 4.78 is 152. The van der Waals surface area contributed by atoms with Crippen LogP contribution in [-0.4, -0.2) is 23.8 Å². The summed E-state index contributed by atoms with van der Waals surface area (Å²) in [6.45, 7) is 0. The van der Waals surface area contributed by atoms with Crippen LogP contribution in [0.1, 0.15) is 5.56 Å². The maximum Gasteiger partial charge on any atom is 0.457 e. The molecule has 0 saturated heterocycles. The molecule has 0 fully saturated rings. The number of halogens is 13. The van der Waals surface area contributed by atoms with Crippen LogP contribution in [0.2, 0.25) is 0 Å². The van der Waals surface area contributed by atoms with Crippen molar-refractivity contribution in [3.63, 3.8) is 0 Å². The number of alkyl halides is 12. The average Bonchev–Trinajstić information content (AvgIpc) is 2.31. The second-order valence-electron chi connectivity index (χ2n) is 4.45. The minimum Gasteiger partial charge on any atom is -0.221 e. The predicted octanol–water partition coefficient (Wildman–Crippen LogP) is 6.99. The fourth-order valence-corrected chi connectivity index (χ4v) is 2.96. The Morgan fingerprint density at radius 2 is 1.16 bits per heavy atom. The van der Waals surface area contributed by atoms with E-state index in [4.69, 9.17) is 0 Å². The zero-order valence-electron chi connectivity index (χ0n) is 11.1. The molecule has 0 nitrogen and oxygen atoms in total. The van der Waals surface area contributed by atoms with Gasteiger partial charge in [-0.1, -0.05) is 15.9 Å². The summed E-state index contributed by atoms with van der Waals surface area (Å²) in [5.41, 5.74) is -13.7. The molecule has 1 rings (SSSR count). The van der Waals surface area contributed by atoms with Gasteiger partial charge in [0.2, 0.25) is 0 Å². The van der Waals surface area contributed by atoms with Crippen molar-refractivity contribution in [1.82, 2.24) is 0 Å². The van der Waals surface area contributed by atoms with E-state index in [1.807, 2.05) is 0 Å². The first-order chi connectivity index (χ1) is 10.8. The van der Waals surface area contributed by atoms with E-state index in [0.717, 1.165) is 0 Å². The molecule has 1 aromatic carbocycles. The molecule has 1 aromatic rings. The molecule has 0 aromatic heterocycles. The van der Waals surface area contributed by atoms with Gasteiger partial charge in [-0.25, -0.2) is 4.39 Å². The summed E-state index contributed by atoms with van der Waals surface area (Å²) >= 11 is 1.24. The molecule has 0 aliphatic carbocycles. The monoisotopic (exact) mass is 474 g/mol. The highest BCUT2D eigenvalue weighted by molar-refractivity contribution is 9.10. The molecule has 0 bridgehead atoms. The molecule has 0 spiro atoms. The number of hydrogen-bond donors (Lipinski definition) is 0. The average molecular weight is 475 g/mol. The molecule has 0 amide bonds. The second kappa shape index (κ2) is 6.43. The van der Waals surface area contributed by atoms with Gasteiger partial charge in [-0.2, -0.15) is 48.3 Å². The first-order valence-electron chi connectivity index (χ1n) is 5.60. The highest BCUT2D eigenvalue weighted by Crippen LogP contribution is 2.58. The summed E-state index contributed by atoms with van der Waals surface area (Å²) in [5, 5.41) is 0. The molecule has 0 saturated carbocycles. The zero-order chi connectivity index (χ0) is 20.1. The summed E-state index contributed by atoms with van der Waals surface area (Å²) in [5.74, 6) is -6.96. The predicted molar refractivity (Wildman–Crippen MR) is 65.9 cm³/mol. The van der Waals surface area contributed by atoms with Crippen LogP contribution in [0.25, 0.3) is 0 Å². The van der Waals surface area contributed by atoms with E-state index in [9.17, 15) is 52.7 Å². The number of rotatable bonds is 3. The second-order valence-corrected chi connectivity index (χ2v) is 6.51. The van der Waals surface area contributed by atoms with Crippen LogP contribution in [0.4, 0.5) is 52.7 Å². The summed E-state index contributed by atoms with van der Waals surface area (Å²) in [6, 6.07) is 0.00775. The number of benzene rings is 1. The molecule has 0 heterocycles. The van der Waals surface area contributed by atoms with Crippen molar-refractivity contribution in [1.29, 1.82) is 0 Å².